The molecule has 1 N–H and O–H groups in total. The van der Waals surface area contributed by atoms with E-state index in [4.69, 9.17) is 5.11 Å². The highest BCUT2D eigenvalue weighted by Crippen LogP contribution is 2.12. The number of pyridine rings is 1. The van der Waals surface area contributed by atoms with Gasteiger partial charge in [0.25, 0.3) is 0 Å². The van der Waals surface area contributed by atoms with E-state index in [0.717, 1.165) is 18.5 Å². The third kappa shape index (κ3) is 1.70. The molecule has 0 bridgehead atoms. The van der Waals surface area contributed by atoms with Crippen LogP contribution in [0.2, 0.25) is 0 Å². The average Bonchev–Trinajstić information content (AvgIpc) is 2.59. The van der Waals surface area contributed by atoms with Gasteiger partial charge in [-0.15, -0.1) is 0 Å². The quantitative estimate of drug-likeness (QED) is 0.831. The van der Waals surface area contributed by atoms with Crippen LogP contribution in [0.15, 0.2) is 24.5 Å². The number of aryl methyl sites for hydroxylation is 1. The zero-order valence-corrected chi connectivity index (χ0v) is 8.47. The SMILES string of the molecule is CCCc1cn2cccc(C(=O)O)c2n1. The molecular weight excluding hydrogens is 192 g/mol. The zero-order valence-electron chi connectivity index (χ0n) is 8.47. The smallest absolute Gasteiger partial charge is 0.339 e. The molecule has 0 aliphatic carbocycles. The van der Waals surface area contributed by atoms with Crippen molar-refractivity contribution in [2.24, 2.45) is 0 Å². The molecule has 0 aromatic carbocycles. The molecule has 0 amide bonds. The lowest BCUT2D eigenvalue weighted by Gasteiger charge is -1.96. The fourth-order valence-electron chi connectivity index (χ4n) is 1.61. The molecule has 2 rings (SSSR count). The number of carboxylic acids is 1. The molecule has 0 atom stereocenters. The molecule has 0 fully saturated rings. The van der Waals surface area contributed by atoms with Crippen molar-refractivity contribution in [1.29, 1.82) is 0 Å². The maximum Gasteiger partial charge on any atom is 0.339 e. The van der Waals surface area contributed by atoms with E-state index in [1.165, 1.54) is 0 Å². The highest BCUT2D eigenvalue weighted by molar-refractivity contribution is 5.94. The van der Waals surface area contributed by atoms with Crippen molar-refractivity contribution in [2.45, 2.75) is 19.8 Å². The van der Waals surface area contributed by atoms with Gasteiger partial charge >= 0.3 is 5.97 Å². The van der Waals surface area contributed by atoms with Crippen molar-refractivity contribution < 1.29 is 9.90 Å². The Morgan fingerprint density at radius 2 is 2.40 bits per heavy atom. The first-order valence-electron chi connectivity index (χ1n) is 4.92. The van der Waals surface area contributed by atoms with E-state index in [9.17, 15) is 4.79 Å². The Hall–Kier alpha value is -1.84. The molecule has 4 heteroatoms. The Morgan fingerprint density at radius 3 is 3.07 bits per heavy atom. The van der Waals surface area contributed by atoms with Gasteiger partial charge in [0.15, 0.2) is 5.65 Å². The van der Waals surface area contributed by atoms with E-state index in [0.29, 0.717) is 5.65 Å². The standard InChI is InChI=1S/C11H12N2O2/c1-2-4-8-7-13-6-3-5-9(11(14)15)10(13)12-8/h3,5-7H,2,4H2,1H3,(H,14,15). The minimum absolute atomic E-state index is 0.250. The number of nitrogens with zero attached hydrogens (tertiary/aromatic N) is 2. The van der Waals surface area contributed by atoms with E-state index in [2.05, 4.69) is 11.9 Å². The van der Waals surface area contributed by atoms with Crippen LogP contribution >= 0.6 is 0 Å². The Balaban J connectivity index is 2.59. The van der Waals surface area contributed by atoms with Gasteiger partial charge in [-0.3, -0.25) is 0 Å². The molecule has 0 unspecified atom stereocenters. The van der Waals surface area contributed by atoms with Crippen molar-refractivity contribution in [3.8, 4) is 0 Å². The molecule has 15 heavy (non-hydrogen) atoms. The predicted octanol–water partition coefficient (Wildman–Crippen LogP) is 1.99. The molecule has 0 saturated carbocycles. The maximum absolute atomic E-state index is 10.9. The van der Waals surface area contributed by atoms with Gasteiger partial charge in [-0.25, -0.2) is 9.78 Å². The van der Waals surface area contributed by atoms with E-state index < -0.39 is 5.97 Å². The van der Waals surface area contributed by atoms with Crippen LogP contribution in [0, 0.1) is 0 Å². The lowest BCUT2D eigenvalue weighted by atomic mass is 10.3. The fraction of sp³-hybridized carbons (Fsp3) is 0.273. The van der Waals surface area contributed by atoms with Crippen LogP contribution in [0.25, 0.3) is 5.65 Å². The summed E-state index contributed by atoms with van der Waals surface area (Å²) in [6.07, 6.45) is 5.58. The van der Waals surface area contributed by atoms with Crippen molar-refractivity contribution in [1.82, 2.24) is 9.38 Å². The molecule has 78 valence electrons. The number of imidazole rings is 1. The second-order valence-corrected chi connectivity index (χ2v) is 3.44. The van der Waals surface area contributed by atoms with Crippen molar-refractivity contribution in [3.63, 3.8) is 0 Å². The Kier molecular flexibility index (Phi) is 2.41. The van der Waals surface area contributed by atoms with Crippen molar-refractivity contribution in [2.75, 3.05) is 0 Å². The highest BCUT2D eigenvalue weighted by atomic mass is 16.4. The van der Waals surface area contributed by atoms with Gasteiger partial charge in [0.05, 0.1) is 5.69 Å². The van der Waals surface area contributed by atoms with E-state index in [1.54, 1.807) is 16.5 Å². The molecule has 0 radical (unpaired) electrons. The predicted molar refractivity (Wildman–Crippen MR) is 56.1 cm³/mol. The topological polar surface area (TPSA) is 54.6 Å². The molecule has 4 nitrogen and oxygen atoms in total. The second kappa shape index (κ2) is 3.73. The van der Waals surface area contributed by atoms with Gasteiger partial charge in [0.1, 0.15) is 5.56 Å². The summed E-state index contributed by atoms with van der Waals surface area (Å²) in [7, 11) is 0. The Morgan fingerprint density at radius 1 is 1.60 bits per heavy atom. The van der Waals surface area contributed by atoms with E-state index in [-0.39, 0.29) is 5.56 Å². The molecule has 2 heterocycles. The Bertz CT molecular complexity index is 502. The van der Waals surface area contributed by atoms with Gasteiger partial charge in [-0.2, -0.15) is 0 Å². The summed E-state index contributed by atoms with van der Waals surface area (Å²) in [5.41, 5.74) is 1.71. The molecule has 2 aromatic heterocycles. The van der Waals surface area contributed by atoms with Gasteiger partial charge in [0, 0.05) is 12.4 Å². The summed E-state index contributed by atoms with van der Waals surface area (Å²) in [4.78, 5) is 15.2. The van der Waals surface area contributed by atoms with E-state index in [1.807, 2.05) is 12.4 Å². The number of aromatic carboxylic acids is 1. The van der Waals surface area contributed by atoms with Gasteiger partial charge in [-0.05, 0) is 18.6 Å². The number of carboxylic acid groups (broad SMARTS) is 1. The number of rotatable bonds is 3. The lowest BCUT2D eigenvalue weighted by Crippen LogP contribution is -1.99. The first-order valence-corrected chi connectivity index (χ1v) is 4.92. The largest absolute Gasteiger partial charge is 0.478 e. The zero-order chi connectivity index (χ0) is 10.8. The van der Waals surface area contributed by atoms with Crippen molar-refractivity contribution >= 4 is 11.6 Å². The maximum atomic E-state index is 10.9. The van der Waals surface area contributed by atoms with Crippen LogP contribution in [0.3, 0.4) is 0 Å². The highest BCUT2D eigenvalue weighted by Gasteiger charge is 2.10. The molecule has 0 spiro atoms. The first-order chi connectivity index (χ1) is 7.22. The number of hydrogen-bond donors (Lipinski definition) is 1. The minimum atomic E-state index is -0.936. The van der Waals surface area contributed by atoms with Gasteiger partial charge < -0.3 is 9.51 Å². The number of aromatic nitrogens is 2. The molecule has 0 aliphatic rings. The summed E-state index contributed by atoms with van der Waals surface area (Å²) in [5.74, 6) is -0.936. The Labute approximate surface area is 87.2 Å². The summed E-state index contributed by atoms with van der Waals surface area (Å²) < 4.78 is 1.76. The molecule has 0 saturated heterocycles. The van der Waals surface area contributed by atoms with Crippen LogP contribution in [-0.2, 0) is 6.42 Å². The third-order valence-electron chi connectivity index (χ3n) is 2.27. The first kappa shape index (κ1) is 9.71. The summed E-state index contributed by atoms with van der Waals surface area (Å²) in [6.45, 7) is 2.07. The van der Waals surface area contributed by atoms with E-state index >= 15 is 0 Å². The normalized spacial score (nSPS) is 10.7. The summed E-state index contributed by atoms with van der Waals surface area (Å²) in [5, 5.41) is 8.97. The summed E-state index contributed by atoms with van der Waals surface area (Å²) >= 11 is 0. The van der Waals surface area contributed by atoms with Crippen LogP contribution < -0.4 is 0 Å². The lowest BCUT2D eigenvalue weighted by molar-refractivity contribution is 0.0698. The molecule has 0 aliphatic heterocycles. The summed E-state index contributed by atoms with van der Waals surface area (Å²) in [6, 6.07) is 3.29. The number of fused-ring (bicyclic) bond motifs is 1. The second-order valence-electron chi connectivity index (χ2n) is 3.44. The molecular formula is C11H12N2O2. The average molecular weight is 204 g/mol. The van der Waals surface area contributed by atoms with Crippen molar-refractivity contribution in [3.05, 3.63) is 35.8 Å². The van der Waals surface area contributed by atoms with Crippen LogP contribution in [0.5, 0.6) is 0 Å². The number of hydrogen-bond acceptors (Lipinski definition) is 2. The fourth-order valence-corrected chi connectivity index (χ4v) is 1.61. The number of carbonyl (C=O) groups is 1. The third-order valence-corrected chi connectivity index (χ3v) is 2.27. The monoisotopic (exact) mass is 204 g/mol. The molecule has 2 aromatic rings. The van der Waals surface area contributed by atoms with Gasteiger partial charge in [0.2, 0.25) is 0 Å². The minimum Gasteiger partial charge on any atom is -0.478 e. The van der Waals surface area contributed by atoms with Crippen LogP contribution in [0.4, 0.5) is 0 Å². The van der Waals surface area contributed by atoms with Crippen LogP contribution in [0.1, 0.15) is 29.4 Å². The van der Waals surface area contributed by atoms with Gasteiger partial charge in [-0.1, -0.05) is 13.3 Å². The van der Waals surface area contributed by atoms with Crippen LogP contribution in [-0.4, -0.2) is 20.5 Å².